The van der Waals surface area contributed by atoms with E-state index < -0.39 is 0 Å². The Bertz CT molecular complexity index is 436. The molecule has 3 nitrogen and oxygen atoms in total. The quantitative estimate of drug-likeness (QED) is 0.793. The summed E-state index contributed by atoms with van der Waals surface area (Å²) in [5.74, 6) is 0. The second kappa shape index (κ2) is 3.82. The van der Waals surface area contributed by atoms with Crippen molar-refractivity contribution in [1.29, 1.82) is 0 Å². The zero-order valence-electron chi connectivity index (χ0n) is 7.50. The Labute approximate surface area is 86.9 Å². The normalized spacial score (nSPS) is 10.4. The predicted octanol–water partition coefficient (Wildman–Crippen LogP) is 2.19. The van der Waals surface area contributed by atoms with Crippen LogP contribution in [0.5, 0.6) is 0 Å². The number of hydrogen-bond acceptors (Lipinski definition) is 2. The fourth-order valence-electron chi connectivity index (χ4n) is 1.37. The molecule has 0 amide bonds. The van der Waals surface area contributed by atoms with Gasteiger partial charge in [-0.3, -0.25) is 5.10 Å². The number of H-pyrrole nitrogens is 1. The molecule has 0 unspecified atom stereocenters. The molecule has 0 aliphatic carbocycles. The van der Waals surface area contributed by atoms with Crippen LogP contribution in [-0.2, 0) is 6.54 Å². The molecule has 0 fully saturated rings. The highest BCUT2D eigenvalue weighted by Gasteiger charge is 2.05. The van der Waals surface area contributed by atoms with E-state index in [0.717, 1.165) is 16.8 Å². The number of nitrogens with zero attached hydrogens (tertiary/aromatic N) is 1. The van der Waals surface area contributed by atoms with E-state index in [4.69, 9.17) is 17.3 Å². The Balaban J connectivity index is 2.49. The van der Waals surface area contributed by atoms with E-state index in [2.05, 4.69) is 10.2 Å². The molecule has 0 radical (unpaired) electrons. The summed E-state index contributed by atoms with van der Waals surface area (Å²) in [4.78, 5) is 0. The lowest BCUT2D eigenvalue weighted by Crippen LogP contribution is -1.98. The summed E-state index contributed by atoms with van der Waals surface area (Å²) in [6.07, 6.45) is 1.76. The fraction of sp³-hybridized carbons (Fsp3) is 0.100. The van der Waals surface area contributed by atoms with Crippen molar-refractivity contribution in [2.75, 3.05) is 0 Å². The summed E-state index contributed by atoms with van der Waals surface area (Å²) in [6.45, 7) is 0.446. The number of aromatic nitrogens is 2. The van der Waals surface area contributed by atoms with Crippen molar-refractivity contribution in [1.82, 2.24) is 10.2 Å². The molecule has 0 saturated carbocycles. The molecule has 0 atom stereocenters. The first-order chi connectivity index (χ1) is 6.81. The highest BCUT2D eigenvalue weighted by molar-refractivity contribution is 6.30. The lowest BCUT2D eigenvalue weighted by molar-refractivity contribution is 0.948. The first kappa shape index (κ1) is 9.24. The van der Waals surface area contributed by atoms with Crippen molar-refractivity contribution < 1.29 is 0 Å². The Morgan fingerprint density at radius 2 is 2.29 bits per heavy atom. The third-order valence-corrected chi connectivity index (χ3v) is 2.29. The van der Waals surface area contributed by atoms with E-state index in [0.29, 0.717) is 11.6 Å². The SMILES string of the molecule is NCc1[nH]ncc1-c1cccc(Cl)c1. The maximum atomic E-state index is 5.90. The van der Waals surface area contributed by atoms with Crippen LogP contribution in [0.15, 0.2) is 30.5 Å². The van der Waals surface area contributed by atoms with Crippen LogP contribution in [0.4, 0.5) is 0 Å². The van der Waals surface area contributed by atoms with E-state index in [1.54, 1.807) is 6.20 Å². The Morgan fingerprint density at radius 3 is 3.00 bits per heavy atom. The molecule has 2 aromatic rings. The third kappa shape index (κ3) is 1.64. The van der Waals surface area contributed by atoms with Gasteiger partial charge in [-0.25, -0.2) is 0 Å². The van der Waals surface area contributed by atoms with Crippen molar-refractivity contribution in [3.63, 3.8) is 0 Å². The van der Waals surface area contributed by atoms with Gasteiger partial charge in [-0.2, -0.15) is 5.10 Å². The van der Waals surface area contributed by atoms with Gasteiger partial charge in [0.15, 0.2) is 0 Å². The van der Waals surface area contributed by atoms with Crippen LogP contribution >= 0.6 is 11.6 Å². The summed E-state index contributed by atoms with van der Waals surface area (Å²) in [7, 11) is 0. The molecule has 2 rings (SSSR count). The van der Waals surface area contributed by atoms with Gasteiger partial charge in [-0.1, -0.05) is 23.7 Å². The number of nitrogens with two attached hydrogens (primary N) is 1. The van der Waals surface area contributed by atoms with E-state index in [1.807, 2.05) is 24.3 Å². The maximum absolute atomic E-state index is 5.90. The summed E-state index contributed by atoms with van der Waals surface area (Å²) >= 11 is 5.90. The lowest BCUT2D eigenvalue weighted by atomic mass is 10.1. The first-order valence-electron chi connectivity index (χ1n) is 4.29. The van der Waals surface area contributed by atoms with Crippen molar-refractivity contribution >= 4 is 11.6 Å². The van der Waals surface area contributed by atoms with E-state index in [1.165, 1.54) is 0 Å². The van der Waals surface area contributed by atoms with Crippen LogP contribution < -0.4 is 5.73 Å². The maximum Gasteiger partial charge on any atom is 0.0569 e. The van der Waals surface area contributed by atoms with Gasteiger partial charge in [-0.15, -0.1) is 0 Å². The molecule has 72 valence electrons. The number of hydrogen-bond donors (Lipinski definition) is 2. The van der Waals surface area contributed by atoms with Crippen molar-refractivity contribution in [2.45, 2.75) is 6.54 Å². The smallest absolute Gasteiger partial charge is 0.0569 e. The third-order valence-electron chi connectivity index (χ3n) is 2.06. The highest BCUT2D eigenvalue weighted by atomic mass is 35.5. The van der Waals surface area contributed by atoms with Gasteiger partial charge >= 0.3 is 0 Å². The molecule has 0 spiro atoms. The number of halogens is 1. The predicted molar refractivity (Wildman–Crippen MR) is 56.9 cm³/mol. The average molecular weight is 208 g/mol. The standard InChI is InChI=1S/C10H10ClN3/c11-8-3-1-2-7(4-8)9-6-13-14-10(9)5-12/h1-4,6H,5,12H2,(H,13,14). The molecule has 1 aromatic heterocycles. The van der Waals surface area contributed by atoms with Gasteiger partial charge in [0.05, 0.1) is 11.9 Å². The minimum absolute atomic E-state index is 0.446. The molecular formula is C10H10ClN3. The largest absolute Gasteiger partial charge is 0.325 e. The summed E-state index contributed by atoms with van der Waals surface area (Å²) < 4.78 is 0. The number of nitrogens with one attached hydrogen (secondary N) is 1. The molecule has 4 heteroatoms. The molecule has 0 aliphatic rings. The molecule has 0 saturated heterocycles. The molecule has 3 N–H and O–H groups in total. The second-order valence-electron chi connectivity index (χ2n) is 2.98. The molecule has 1 heterocycles. The van der Waals surface area contributed by atoms with Gasteiger partial charge in [0.1, 0.15) is 0 Å². The number of aromatic amines is 1. The Kier molecular flexibility index (Phi) is 2.52. The van der Waals surface area contributed by atoms with Crippen LogP contribution in [0.25, 0.3) is 11.1 Å². The van der Waals surface area contributed by atoms with Crippen LogP contribution in [0, 0.1) is 0 Å². The second-order valence-corrected chi connectivity index (χ2v) is 3.41. The van der Waals surface area contributed by atoms with Gasteiger partial charge in [0, 0.05) is 17.1 Å². The number of benzene rings is 1. The van der Waals surface area contributed by atoms with Crippen molar-refractivity contribution in [3.8, 4) is 11.1 Å². The molecule has 1 aromatic carbocycles. The van der Waals surface area contributed by atoms with Crippen LogP contribution in [0.2, 0.25) is 5.02 Å². The molecule has 0 aliphatic heterocycles. The first-order valence-corrected chi connectivity index (χ1v) is 4.67. The van der Waals surface area contributed by atoms with Crippen LogP contribution in [-0.4, -0.2) is 10.2 Å². The minimum atomic E-state index is 0.446. The van der Waals surface area contributed by atoms with Gasteiger partial charge in [-0.05, 0) is 17.7 Å². The zero-order valence-corrected chi connectivity index (χ0v) is 8.25. The topological polar surface area (TPSA) is 54.7 Å². The number of rotatable bonds is 2. The summed E-state index contributed by atoms with van der Waals surface area (Å²) in [5, 5.41) is 7.52. The monoisotopic (exact) mass is 207 g/mol. The Morgan fingerprint density at radius 1 is 1.43 bits per heavy atom. The lowest BCUT2D eigenvalue weighted by Gasteiger charge is -2.00. The van der Waals surface area contributed by atoms with Gasteiger partial charge < -0.3 is 5.73 Å². The van der Waals surface area contributed by atoms with Crippen LogP contribution in [0.1, 0.15) is 5.69 Å². The van der Waals surface area contributed by atoms with Crippen molar-refractivity contribution in [2.24, 2.45) is 5.73 Å². The fourth-order valence-corrected chi connectivity index (χ4v) is 1.56. The van der Waals surface area contributed by atoms with Crippen molar-refractivity contribution in [3.05, 3.63) is 41.2 Å². The van der Waals surface area contributed by atoms with E-state index in [-0.39, 0.29) is 0 Å². The highest BCUT2D eigenvalue weighted by Crippen LogP contribution is 2.24. The van der Waals surface area contributed by atoms with E-state index >= 15 is 0 Å². The summed E-state index contributed by atoms with van der Waals surface area (Å²) in [6, 6.07) is 7.62. The molecule has 14 heavy (non-hydrogen) atoms. The van der Waals surface area contributed by atoms with Gasteiger partial charge in [0.25, 0.3) is 0 Å². The van der Waals surface area contributed by atoms with Gasteiger partial charge in [0.2, 0.25) is 0 Å². The Hall–Kier alpha value is -1.32. The summed E-state index contributed by atoms with van der Waals surface area (Å²) in [5.41, 5.74) is 8.53. The van der Waals surface area contributed by atoms with Crippen LogP contribution in [0.3, 0.4) is 0 Å². The average Bonchev–Trinajstić information content (AvgIpc) is 2.65. The molecule has 0 bridgehead atoms. The zero-order chi connectivity index (χ0) is 9.97. The molecular weight excluding hydrogens is 198 g/mol. The minimum Gasteiger partial charge on any atom is -0.325 e. The van der Waals surface area contributed by atoms with E-state index in [9.17, 15) is 0 Å².